The van der Waals surface area contributed by atoms with Gasteiger partial charge in [0.15, 0.2) is 16.7 Å². The minimum atomic E-state index is -1.36. The van der Waals surface area contributed by atoms with Crippen LogP contribution in [0.1, 0.15) is 31.1 Å². The van der Waals surface area contributed by atoms with Crippen molar-refractivity contribution in [3.8, 4) is 17.2 Å². The largest absolute Gasteiger partial charge is 0.497 e. The summed E-state index contributed by atoms with van der Waals surface area (Å²) in [7, 11) is 11.9. The van der Waals surface area contributed by atoms with Gasteiger partial charge in [-0.15, -0.1) is 34.0 Å². The molecule has 24 nitrogen and oxygen atoms in total. The SMILES string of the molecule is CNc1cc2oc(=O)c(C(=O)OC)cc2s1.COC(=O)c1cc2sc(N(C)C(=O)Nc3cccc(OC)c3)cc2oc1=O.COc1cccc(N=C=O)c1.COc1cccc(NC(=O)N(C)c2cc3oc(=O)c(C(=O)O)cc3s2)c1. The summed E-state index contributed by atoms with van der Waals surface area (Å²) >= 11 is 3.74. The van der Waals surface area contributed by atoms with Crippen LogP contribution >= 0.6 is 34.0 Å². The van der Waals surface area contributed by atoms with E-state index in [1.165, 1.54) is 84.1 Å². The average molecular weight is 1150 g/mol. The summed E-state index contributed by atoms with van der Waals surface area (Å²) < 4.78 is 41.1. The summed E-state index contributed by atoms with van der Waals surface area (Å²) in [4.78, 5) is 110. The third kappa shape index (κ3) is 14.9. The van der Waals surface area contributed by atoms with Gasteiger partial charge in [0.2, 0.25) is 6.08 Å². The maximum absolute atomic E-state index is 12.5. The fourth-order valence-corrected chi connectivity index (χ4v) is 9.43. The summed E-state index contributed by atoms with van der Waals surface area (Å²) in [5.41, 5.74) is -0.467. The molecule has 0 atom stereocenters. The number of nitrogens with zero attached hydrogens (tertiary/aromatic N) is 3. The molecule has 9 rings (SSSR count). The number of carbonyl (C=O) groups excluding carboxylic acids is 5. The van der Waals surface area contributed by atoms with Crippen LogP contribution < -0.4 is 56.8 Å². The van der Waals surface area contributed by atoms with Crippen LogP contribution in [0, 0.1) is 0 Å². The molecule has 0 aliphatic carbocycles. The number of thiophene rings is 3. The van der Waals surface area contributed by atoms with Crippen molar-refractivity contribution in [3.05, 3.63) is 157 Å². The summed E-state index contributed by atoms with van der Waals surface area (Å²) in [6.45, 7) is 0. The van der Waals surface area contributed by atoms with E-state index < -0.39 is 46.4 Å². The smallest absolute Gasteiger partial charge is 0.351 e. The van der Waals surface area contributed by atoms with Crippen LogP contribution in [-0.4, -0.2) is 97.8 Å². The number of rotatable bonds is 12. The standard InChI is InChI=1S/C18H16N2O6S.C17H14N2O6S.C10H9NO4S.C8H7NO2/c1-20(18(23)19-10-5-4-6-11(7-10)24-2)15-9-13-14(27-15)8-12(16(21)25-3)17(22)26-13;1-19(17(23)18-9-4-3-5-10(6-9)24-2)14-8-12-13(26-14)7-11(15(20)21)16(22)25-12;1-11-8-4-6-7(16-8)3-5(9(12)14-2)10(13)15-6;1-11-8-4-2-3-7(5-8)9-6-10/h4-9H,1-3H3,(H,19,23);3-8H,1-2H3,(H,18,23)(H,20,21);3-4,11H,1-2H3;2-5H,1H3. The van der Waals surface area contributed by atoms with E-state index >= 15 is 0 Å². The Labute approximate surface area is 463 Å². The summed E-state index contributed by atoms with van der Waals surface area (Å²) in [5.74, 6) is -0.911. The third-order valence-corrected chi connectivity index (χ3v) is 14.0. The lowest BCUT2D eigenvalue weighted by atomic mass is 10.3. The van der Waals surface area contributed by atoms with Crippen LogP contribution in [0.4, 0.5) is 41.7 Å². The number of amides is 4. The van der Waals surface area contributed by atoms with Crippen LogP contribution in [-0.2, 0) is 14.3 Å². The second kappa shape index (κ2) is 27.3. The van der Waals surface area contributed by atoms with Gasteiger partial charge in [0.1, 0.15) is 43.9 Å². The number of esters is 2. The molecule has 0 fully saturated rings. The van der Waals surface area contributed by atoms with E-state index in [2.05, 4.69) is 30.4 Å². The van der Waals surface area contributed by atoms with Crippen LogP contribution in [0.3, 0.4) is 0 Å². The fraction of sp³-hybridized carbons (Fsp3) is 0.151. The number of ether oxygens (including phenoxy) is 5. The second-order valence-electron chi connectivity index (χ2n) is 15.7. The number of carbonyl (C=O) groups is 5. The van der Waals surface area contributed by atoms with Gasteiger partial charge in [-0.1, -0.05) is 18.2 Å². The Hall–Kier alpha value is -10.1. The Morgan fingerprint density at radius 2 is 0.950 bits per heavy atom. The maximum Gasteiger partial charge on any atom is 0.351 e. The lowest BCUT2D eigenvalue weighted by Crippen LogP contribution is -2.30. The number of aliphatic imine (C=N–C) groups is 1. The number of carboxylic acid groups (broad SMARTS) is 1. The van der Waals surface area contributed by atoms with E-state index in [0.717, 1.165) is 21.0 Å². The number of hydrogen-bond acceptors (Lipinski definition) is 22. The Morgan fingerprint density at radius 3 is 1.36 bits per heavy atom. The molecule has 0 unspecified atom stereocenters. The number of carboxylic acids is 1. The van der Waals surface area contributed by atoms with Gasteiger partial charge in [0.25, 0.3) is 0 Å². The molecule has 0 spiro atoms. The quantitative estimate of drug-likeness (QED) is 0.0502. The first-order chi connectivity index (χ1) is 38.3. The predicted molar refractivity (Wildman–Crippen MR) is 302 cm³/mol. The van der Waals surface area contributed by atoms with Gasteiger partial charge in [-0.25, -0.2) is 43.2 Å². The topological polar surface area (TPSA) is 314 Å². The molecular weight excluding hydrogens is 1100 g/mol. The van der Waals surface area contributed by atoms with Gasteiger partial charge in [0.05, 0.1) is 60.3 Å². The molecule has 80 heavy (non-hydrogen) atoms. The molecule has 4 amide bonds. The number of methoxy groups -OCH3 is 5. The highest BCUT2D eigenvalue weighted by Gasteiger charge is 2.21. The average Bonchev–Trinajstić information content (AvgIpc) is 4.21. The van der Waals surface area contributed by atoms with Crippen LogP contribution in [0.2, 0.25) is 0 Å². The molecule has 6 aromatic heterocycles. The fourth-order valence-electron chi connectivity index (χ4n) is 6.57. The van der Waals surface area contributed by atoms with Gasteiger partial charge in [-0.3, -0.25) is 9.80 Å². The minimum Gasteiger partial charge on any atom is -0.497 e. The Bertz CT molecular complexity index is 3980. The number of nitrogens with one attached hydrogen (secondary N) is 3. The number of hydrogen-bond donors (Lipinski definition) is 4. The van der Waals surface area contributed by atoms with Crippen molar-refractivity contribution in [2.24, 2.45) is 4.99 Å². The van der Waals surface area contributed by atoms with Gasteiger partial charge < -0.3 is 58.0 Å². The molecule has 4 N–H and O–H groups in total. The van der Waals surface area contributed by atoms with Crippen LogP contribution in [0.15, 0.2) is 142 Å². The molecule has 3 aromatic carbocycles. The number of fused-ring (bicyclic) bond motifs is 3. The van der Waals surface area contributed by atoms with Crippen molar-refractivity contribution in [2.45, 2.75) is 0 Å². The molecule has 6 heterocycles. The van der Waals surface area contributed by atoms with Gasteiger partial charge in [0, 0.05) is 68.9 Å². The lowest BCUT2D eigenvalue weighted by Gasteiger charge is -2.16. The first kappa shape index (κ1) is 59.2. The molecule has 0 saturated heterocycles. The zero-order valence-electron chi connectivity index (χ0n) is 43.3. The van der Waals surface area contributed by atoms with Crippen molar-refractivity contribution >= 4 is 133 Å². The first-order valence-corrected chi connectivity index (χ1v) is 25.2. The van der Waals surface area contributed by atoms with Crippen LogP contribution in [0.5, 0.6) is 17.2 Å². The number of aromatic carboxylic acids is 1. The van der Waals surface area contributed by atoms with Gasteiger partial charge >= 0.3 is 46.8 Å². The van der Waals surface area contributed by atoms with E-state index in [0.29, 0.717) is 59.3 Å². The number of benzene rings is 3. The predicted octanol–water partition coefficient (Wildman–Crippen LogP) is 9.89. The van der Waals surface area contributed by atoms with E-state index in [1.807, 2.05) is 0 Å². The van der Waals surface area contributed by atoms with Crippen molar-refractivity contribution in [1.29, 1.82) is 0 Å². The summed E-state index contributed by atoms with van der Waals surface area (Å²) in [6, 6.07) is 28.9. The third-order valence-electron chi connectivity index (χ3n) is 10.7. The molecule has 9 aromatic rings. The maximum atomic E-state index is 12.5. The lowest BCUT2D eigenvalue weighted by molar-refractivity contribution is 0.0587. The van der Waals surface area contributed by atoms with Crippen molar-refractivity contribution < 1.29 is 70.8 Å². The zero-order valence-corrected chi connectivity index (χ0v) is 45.8. The number of urea groups is 2. The number of isocyanates is 1. The summed E-state index contributed by atoms with van der Waals surface area (Å²) in [6.07, 6.45) is 1.45. The highest BCUT2D eigenvalue weighted by molar-refractivity contribution is 7.23. The zero-order chi connectivity index (χ0) is 58.2. The second-order valence-corrected chi connectivity index (χ2v) is 18.9. The van der Waals surface area contributed by atoms with E-state index in [4.69, 9.17) is 32.6 Å². The van der Waals surface area contributed by atoms with E-state index in [9.17, 15) is 43.2 Å². The molecule has 0 aliphatic rings. The molecule has 0 radical (unpaired) electrons. The minimum absolute atomic E-state index is 0.0838. The molecule has 0 aliphatic heterocycles. The van der Waals surface area contributed by atoms with E-state index in [-0.39, 0.29) is 28.3 Å². The normalized spacial score (nSPS) is 10.2. The van der Waals surface area contributed by atoms with E-state index in [1.54, 1.807) is 120 Å². The Balaban J connectivity index is 0.000000181. The van der Waals surface area contributed by atoms with Crippen molar-refractivity contribution in [2.75, 3.05) is 82.4 Å². The van der Waals surface area contributed by atoms with Gasteiger partial charge in [-0.05, 0) is 54.6 Å². The highest BCUT2D eigenvalue weighted by Crippen LogP contribution is 2.34. The summed E-state index contributed by atoms with van der Waals surface area (Å²) in [5, 5.41) is 19.3. The molecule has 27 heteroatoms. The highest BCUT2D eigenvalue weighted by atomic mass is 32.1. The first-order valence-electron chi connectivity index (χ1n) is 22.7. The monoisotopic (exact) mass is 1150 g/mol. The number of anilines is 5. The van der Waals surface area contributed by atoms with Crippen molar-refractivity contribution in [3.63, 3.8) is 0 Å². The molecule has 414 valence electrons. The molecule has 0 bridgehead atoms. The molecule has 0 saturated carbocycles. The van der Waals surface area contributed by atoms with Gasteiger partial charge in [-0.2, -0.15) is 4.99 Å². The van der Waals surface area contributed by atoms with Crippen LogP contribution in [0.25, 0.3) is 30.8 Å². The molecular formula is C53H46N6O18S3. The Morgan fingerprint density at radius 1 is 0.550 bits per heavy atom. The Kier molecular flexibility index (Phi) is 20.2. The van der Waals surface area contributed by atoms with Crippen molar-refractivity contribution in [1.82, 2.24) is 0 Å².